The van der Waals surface area contributed by atoms with Crippen molar-refractivity contribution >= 4 is 0 Å². The SMILES string of the molecule is CNC(C)(C#N)CCN1CCN(C2CC2)CC1. The fourth-order valence-electron chi connectivity index (χ4n) is 2.41. The van der Waals surface area contributed by atoms with E-state index in [2.05, 4.69) is 21.2 Å². The average molecular weight is 236 g/mol. The molecule has 4 nitrogen and oxygen atoms in total. The molecule has 1 N–H and O–H groups in total. The van der Waals surface area contributed by atoms with Crippen molar-refractivity contribution in [3.05, 3.63) is 0 Å². The van der Waals surface area contributed by atoms with Crippen molar-refractivity contribution in [1.82, 2.24) is 15.1 Å². The first-order valence-corrected chi connectivity index (χ1v) is 6.73. The molecule has 1 aliphatic heterocycles. The van der Waals surface area contributed by atoms with Gasteiger partial charge in [0.05, 0.1) is 6.07 Å². The Morgan fingerprint density at radius 3 is 2.41 bits per heavy atom. The fourth-order valence-corrected chi connectivity index (χ4v) is 2.41. The van der Waals surface area contributed by atoms with Gasteiger partial charge in [0.2, 0.25) is 0 Å². The highest BCUT2D eigenvalue weighted by Gasteiger charge is 2.31. The Morgan fingerprint density at radius 2 is 1.94 bits per heavy atom. The summed E-state index contributed by atoms with van der Waals surface area (Å²) in [6, 6.07) is 3.26. The standard InChI is InChI=1S/C13H24N4/c1-13(11-14,15-2)5-6-16-7-9-17(10-8-16)12-3-4-12/h12,15H,3-10H2,1-2H3. The smallest absolute Gasteiger partial charge is 0.104 e. The van der Waals surface area contributed by atoms with Gasteiger partial charge in [-0.25, -0.2) is 0 Å². The molecule has 0 radical (unpaired) electrons. The van der Waals surface area contributed by atoms with Crippen molar-refractivity contribution in [2.24, 2.45) is 0 Å². The molecule has 1 saturated heterocycles. The minimum absolute atomic E-state index is 0.367. The third-order valence-electron chi connectivity index (χ3n) is 4.20. The molecule has 0 aromatic rings. The number of hydrogen-bond acceptors (Lipinski definition) is 4. The van der Waals surface area contributed by atoms with Gasteiger partial charge in [-0.2, -0.15) is 5.26 Å². The summed E-state index contributed by atoms with van der Waals surface area (Å²) >= 11 is 0. The van der Waals surface area contributed by atoms with Crippen LogP contribution >= 0.6 is 0 Å². The van der Waals surface area contributed by atoms with Crippen molar-refractivity contribution in [2.75, 3.05) is 39.8 Å². The molecule has 1 saturated carbocycles. The molecule has 0 aromatic carbocycles. The van der Waals surface area contributed by atoms with Gasteiger partial charge in [-0.1, -0.05) is 0 Å². The van der Waals surface area contributed by atoms with Crippen LogP contribution in [0.5, 0.6) is 0 Å². The van der Waals surface area contributed by atoms with E-state index in [1.165, 1.54) is 39.0 Å². The molecule has 1 atom stereocenters. The third kappa shape index (κ3) is 3.41. The van der Waals surface area contributed by atoms with Crippen LogP contribution in [0.25, 0.3) is 0 Å². The number of nitrogens with zero attached hydrogens (tertiary/aromatic N) is 3. The molecule has 2 fully saturated rings. The van der Waals surface area contributed by atoms with E-state index >= 15 is 0 Å². The topological polar surface area (TPSA) is 42.3 Å². The largest absolute Gasteiger partial charge is 0.303 e. The van der Waals surface area contributed by atoms with Crippen molar-refractivity contribution < 1.29 is 0 Å². The van der Waals surface area contributed by atoms with E-state index in [9.17, 15) is 0 Å². The lowest BCUT2D eigenvalue weighted by molar-refractivity contribution is 0.121. The normalized spacial score (nSPS) is 26.4. The van der Waals surface area contributed by atoms with Gasteiger partial charge < -0.3 is 10.2 Å². The van der Waals surface area contributed by atoms with E-state index in [-0.39, 0.29) is 5.54 Å². The van der Waals surface area contributed by atoms with Gasteiger partial charge in [-0.15, -0.1) is 0 Å². The van der Waals surface area contributed by atoms with E-state index in [4.69, 9.17) is 5.26 Å². The highest BCUT2D eigenvalue weighted by molar-refractivity contribution is 5.03. The van der Waals surface area contributed by atoms with E-state index in [0.29, 0.717) is 0 Å². The zero-order valence-corrected chi connectivity index (χ0v) is 11.1. The quantitative estimate of drug-likeness (QED) is 0.761. The van der Waals surface area contributed by atoms with Gasteiger partial charge in [-0.05, 0) is 33.2 Å². The van der Waals surface area contributed by atoms with Crippen LogP contribution in [0.4, 0.5) is 0 Å². The summed E-state index contributed by atoms with van der Waals surface area (Å²) in [5, 5.41) is 12.2. The lowest BCUT2D eigenvalue weighted by atomic mass is 10.00. The predicted molar refractivity (Wildman–Crippen MR) is 68.7 cm³/mol. The highest BCUT2D eigenvalue weighted by atomic mass is 15.3. The molecule has 2 rings (SSSR count). The van der Waals surface area contributed by atoms with Gasteiger partial charge in [0.25, 0.3) is 0 Å². The van der Waals surface area contributed by atoms with Crippen molar-refractivity contribution in [3.63, 3.8) is 0 Å². The number of nitrogens with one attached hydrogen (secondary N) is 1. The second-order valence-corrected chi connectivity index (χ2v) is 5.55. The molecule has 96 valence electrons. The molecule has 1 unspecified atom stereocenters. The summed E-state index contributed by atoms with van der Waals surface area (Å²) in [6.07, 6.45) is 3.72. The second kappa shape index (κ2) is 5.34. The summed E-state index contributed by atoms with van der Waals surface area (Å²) in [5.74, 6) is 0. The molecule has 0 bridgehead atoms. The predicted octanol–water partition coefficient (Wildman–Crippen LogP) is 0.658. The minimum Gasteiger partial charge on any atom is -0.303 e. The number of rotatable bonds is 5. The van der Waals surface area contributed by atoms with Crippen LogP contribution in [0.2, 0.25) is 0 Å². The molecular weight excluding hydrogens is 212 g/mol. The van der Waals surface area contributed by atoms with E-state index in [1.54, 1.807) is 0 Å². The monoisotopic (exact) mass is 236 g/mol. The van der Waals surface area contributed by atoms with Crippen LogP contribution in [0.1, 0.15) is 26.2 Å². The molecule has 2 aliphatic rings. The van der Waals surface area contributed by atoms with Crippen LogP contribution in [0.3, 0.4) is 0 Å². The first kappa shape index (κ1) is 12.8. The molecule has 0 spiro atoms. The molecule has 17 heavy (non-hydrogen) atoms. The van der Waals surface area contributed by atoms with Gasteiger partial charge in [0, 0.05) is 38.8 Å². The average Bonchev–Trinajstić information content (AvgIpc) is 3.21. The molecule has 1 heterocycles. The molecular formula is C13H24N4. The Balaban J connectivity index is 1.69. The Bertz CT molecular complexity index is 286. The van der Waals surface area contributed by atoms with Gasteiger partial charge in [-0.3, -0.25) is 4.90 Å². The fraction of sp³-hybridized carbons (Fsp3) is 0.923. The van der Waals surface area contributed by atoms with Crippen LogP contribution in [0, 0.1) is 11.3 Å². The Hall–Kier alpha value is -0.630. The van der Waals surface area contributed by atoms with Crippen LogP contribution in [0.15, 0.2) is 0 Å². The summed E-state index contributed by atoms with van der Waals surface area (Å²) < 4.78 is 0. The maximum Gasteiger partial charge on any atom is 0.104 e. The second-order valence-electron chi connectivity index (χ2n) is 5.55. The van der Waals surface area contributed by atoms with E-state index < -0.39 is 0 Å². The highest BCUT2D eigenvalue weighted by Crippen LogP contribution is 2.27. The van der Waals surface area contributed by atoms with Crippen LogP contribution in [-0.2, 0) is 0 Å². The number of piperazine rings is 1. The lowest BCUT2D eigenvalue weighted by Gasteiger charge is -2.36. The van der Waals surface area contributed by atoms with Crippen LogP contribution in [-0.4, -0.2) is 61.2 Å². The maximum absolute atomic E-state index is 9.10. The van der Waals surface area contributed by atoms with Crippen molar-refractivity contribution in [3.8, 4) is 6.07 Å². The summed E-state index contributed by atoms with van der Waals surface area (Å²) in [5.41, 5.74) is -0.367. The Morgan fingerprint density at radius 1 is 1.29 bits per heavy atom. The van der Waals surface area contributed by atoms with Crippen molar-refractivity contribution in [1.29, 1.82) is 5.26 Å². The zero-order valence-electron chi connectivity index (χ0n) is 11.1. The minimum atomic E-state index is -0.367. The maximum atomic E-state index is 9.10. The van der Waals surface area contributed by atoms with Gasteiger partial charge in [0.1, 0.15) is 5.54 Å². The first-order valence-electron chi connectivity index (χ1n) is 6.73. The van der Waals surface area contributed by atoms with Crippen molar-refractivity contribution in [2.45, 2.75) is 37.8 Å². The Kier molecular flexibility index (Phi) is 4.03. The first-order chi connectivity index (χ1) is 8.17. The third-order valence-corrected chi connectivity index (χ3v) is 4.20. The van der Waals surface area contributed by atoms with E-state index in [0.717, 1.165) is 19.0 Å². The number of nitriles is 1. The molecule has 4 heteroatoms. The summed E-state index contributed by atoms with van der Waals surface area (Å²) in [4.78, 5) is 5.11. The summed E-state index contributed by atoms with van der Waals surface area (Å²) in [6.45, 7) is 7.78. The summed E-state index contributed by atoms with van der Waals surface area (Å²) in [7, 11) is 1.87. The number of hydrogen-bond donors (Lipinski definition) is 1. The van der Waals surface area contributed by atoms with Gasteiger partial charge >= 0.3 is 0 Å². The lowest BCUT2D eigenvalue weighted by Crippen LogP contribution is -2.49. The molecule has 1 aliphatic carbocycles. The van der Waals surface area contributed by atoms with Gasteiger partial charge in [0.15, 0.2) is 0 Å². The molecule has 0 aromatic heterocycles. The zero-order chi connectivity index (χ0) is 12.3. The van der Waals surface area contributed by atoms with Crippen LogP contribution < -0.4 is 5.32 Å². The van der Waals surface area contributed by atoms with E-state index in [1.807, 2.05) is 14.0 Å². The molecule has 0 amide bonds. The Labute approximate surface area is 105 Å².